The molecule has 0 amide bonds. The van der Waals surface area contributed by atoms with Crippen LogP contribution in [0.2, 0.25) is 0 Å². The van der Waals surface area contributed by atoms with E-state index in [9.17, 15) is 8.42 Å². The standard InChI is InChI=1S/C9H20N2O2S/c1-9(2,3)14(12,13)11(4)8-5-7(10)6-8/h7-8H,5-6,10H2,1-4H3. The van der Waals surface area contributed by atoms with Gasteiger partial charge in [-0.05, 0) is 33.6 Å². The van der Waals surface area contributed by atoms with E-state index in [0.29, 0.717) is 0 Å². The highest BCUT2D eigenvalue weighted by atomic mass is 32.2. The first kappa shape index (κ1) is 11.9. The van der Waals surface area contributed by atoms with Gasteiger partial charge in [-0.25, -0.2) is 12.7 Å². The minimum atomic E-state index is -3.18. The molecule has 1 saturated carbocycles. The first-order chi connectivity index (χ1) is 6.16. The van der Waals surface area contributed by atoms with E-state index in [4.69, 9.17) is 5.73 Å². The number of sulfonamides is 1. The highest BCUT2D eigenvalue weighted by Crippen LogP contribution is 2.29. The van der Waals surface area contributed by atoms with Crippen LogP contribution in [0.15, 0.2) is 0 Å². The lowest BCUT2D eigenvalue weighted by Crippen LogP contribution is -2.54. The first-order valence-corrected chi connectivity index (χ1v) is 6.33. The Hall–Kier alpha value is -0.130. The molecule has 1 rings (SSSR count). The van der Waals surface area contributed by atoms with Gasteiger partial charge in [0.05, 0.1) is 4.75 Å². The molecule has 0 spiro atoms. The Bertz CT molecular complexity index is 299. The van der Waals surface area contributed by atoms with Gasteiger partial charge in [0, 0.05) is 19.1 Å². The lowest BCUT2D eigenvalue weighted by molar-refractivity contribution is 0.214. The molecular formula is C9H20N2O2S. The van der Waals surface area contributed by atoms with Gasteiger partial charge in [0.1, 0.15) is 0 Å². The fourth-order valence-corrected chi connectivity index (χ4v) is 2.98. The van der Waals surface area contributed by atoms with Gasteiger partial charge in [-0.3, -0.25) is 0 Å². The molecular weight excluding hydrogens is 200 g/mol. The van der Waals surface area contributed by atoms with Crippen molar-refractivity contribution in [1.29, 1.82) is 0 Å². The molecule has 0 atom stereocenters. The van der Waals surface area contributed by atoms with Crippen molar-refractivity contribution in [2.75, 3.05) is 7.05 Å². The van der Waals surface area contributed by atoms with Crippen LogP contribution in [0.4, 0.5) is 0 Å². The lowest BCUT2D eigenvalue weighted by Gasteiger charge is -2.41. The minimum absolute atomic E-state index is 0.106. The fraction of sp³-hybridized carbons (Fsp3) is 1.00. The van der Waals surface area contributed by atoms with Crippen molar-refractivity contribution in [2.45, 2.75) is 50.4 Å². The fourth-order valence-electron chi connectivity index (χ4n) is 1.56. The van der Waals surface area contributed by atoms with E-state index in [-0.39, 0.29) is 12.1 Å². The molecule has 0 saturated heterocycles. The van der Waals surface area contributed by atoms with Gasteiger partial charge < -0.3 is 5.73 Å². The maximum atomic E-state index is 12.0. The maximum absolute atomic E-state index is 12.0. The zero-order valence-electron chi connectivity index (χ0n) is 9.32. The van der Waals surface area contributed by atoms with Gasteiger partial charge in [-0.1, -0.05) is 0 Å². The Labute approximate surface area is 86.5 Å². The molecule has 0 aromatic rings. The lowest BCUT2D eigenvalue weighted by atomic mass is 9.88. The second-order valence-electron chi connectivity index (χ2n) is 5.02. The quantitative estimate of drug-likeness (QED) is 0.738. The van der Waals surface area contributed by atoms with Crippen molar-refractivity contribution in [2.24, 2.45) is 5.73 Å². The molecule has 0 unspecified atom stereocenters. The highest BCUT2D eigenvalue weighted by molar-refractivity contribution is 7.90. The molecule has 14 heavy (non-hydrogen) atoms. The zero-order valence-corrected chi connectivity index (χ0v) is 10.1. The summed E-state index contributed by atoms with van der Waals surface area (Å²) in [5.41, 5.74) is 5.64. The molecule has 0 heterocycles. The van der Waals surface area contributed by atoms with E-state index in [1.165, 1.54) is 4.31 Å². The van der Waals surface area contributed by atoms with Crippen molar-refractivity contribution < 1.29 is 8.42 Å². The minimum Gasteiger partial charge on any atom is -0.328 e. The van der Waals surface area contributed by atoms with E-state index in [1.807, 2.05) is 0 Å². The summed E-state index contributed by atoms with van der Waals surface area (Å²) in [6, 6.07) is 0.284. The molecule has 0 aromatic heterocycles. The third kappa shape index (κ3) is 1.94. The zero-order chi connectivity index (χ0) is 11.1. The van der Waals surface area contributed by atoms with Crippen molar-refractivity contribution in [3.63, 3.8) is 0 Å². The molecule has 2 N–H and O–H groups in total. The summed E-state index contributed by atoms with van der Waals surface area (Å²) in [6.07, 6.45) is 1.57. The average molecular weight is 220 g/mol. The van der Waals surface area contributed by atoms with Gasteiger partial charge in [0.25, 0.3) is 0 Å². The Morgan fingerprint density at radius 1 is 1.29 bits per heavy atom. The van der Waals surface area contributed by atoms with E-state index in [1.54, 1.807) is 27.8 Å². The summed E-state index contributed by atoms with van der Waals surface area (Å²) in [4.78, 5) is 0. The van der Waals surface area contributed by atoms with Crippen LogP contribution < -0.4 is 5.73 Å². The van der Waals surface area contributed by atoms with Crippen LogP contribution in [0.5, 0.6) is 0 Å². The molecule has 5 heteroatoms. The molecule has 0 aromatic carbocycles. The third-order valence-corrected chi connectivity index (χ3v) is 5.42. The second kappa shape index (κ2) is 3.47. The molecule has 1 aliphatic carbocycles. The van der Waals surface area contributed by atoms with Crippen LogP contribution in [-0.2, 0) is 10.0 Å². The normalized spacial score (nSPS) is 29.0. The van der Waals surface area contributed by atoms with Crippen LogP contribution in [0, 0.1) is 0 Å². The molecule has 0 radical (unpaired) electrons. The van der Waals surface area contributed by atoms with Gasteiger partial charge in [-0.15, -0.1) is 0 Å². The van der Waals surface area contributed by atoms with Crippen LogP contribution in [0.25, 0.3) is 0 Å². The average Bonchev–Trinajstić information content (AvgIpc) is 1.95. The number of hydrogen-bond acceptors (Lipinski definition) is 3. The maximum Gasteiger partial charge on any atom is 0.219 e. The van der Waals surface area contributed by atoms with E-state index < -0.39 is 14.8 Å². The van der Waals surface area contributed by atoms with Gasteiger partial charge >= 0.3 is 0 Å². The molecule has 1 aliphatic rings. The number of hydrogen-bond donors (Lipinski definition) is 1. The van der Waals surface area contributed by atoms with Crippen molar-refractivity contribution >= 4 is 10.0 Å². The number of rotatable bonds is 2. The van der Waals surface area contributed by atoms with Gasteiger partial charge in [0.2, 0.25) is 10.0 Å². The van der Waals surface area contributed by atoms with E-state index in [0.717, 1.165) is 12.8 Å². The summed E-state index contributed by atoms with van der Waals surface area (Å²) >= 11 is 0. The summed E-state index contributed by atoms with van der Waals surface area (Å²) < 4.78 is 24.7. The Kier molecular flexibility index (Phi) is 2.96. The largest absolute Gasteiger partial charge is 0.328 e. The Morgan fingerprint density at radius 3 is 2.00 bits per heavy atom. The Balaban J connectivity index is 2.75. The van der Waals surface area contributed by atoms with Gasteiger partial charge in [-0.2, -0.15) is 0 Å². The predicted octanol–water partition coefficient (Wildman–Crippen LogP) is 0.536. The molecule has 1 fully saturated rings. The summed E-state index contributed by atoms with van der Waals surface area (Å²) in [6.45, 7) is 5.16. The summed E-state index contributed by atoms with van der Waals surface area (Å²) in [7, 11) is -1.53. The van der Waals surface area contributed by atoms with Crippen molar-refractivity contribution in [3.8, 4) is 0 Å². The summed E-state index contributed by atoms with van der Waals surface area (Å²) in [5.74, 6) is 0. The molecule has 0 aliphatic heterocycles. The first-order valence-electron chi connectivity index (χ1n) is 4.89. The SMILES string of the molecule is CN(C1CC(N)C1)S(=O)(=O)C(C)(C)C. The Morgan fingerprint density at radius 2 is 1.71 bits per heavy atom. The van der Waals surface area contributed by atoms with Crippen LogP contribution >= 0.6 is 0 Å². The molecule has 4 nitrogen and oxygen atoms in total. The van der Waals surface area contributed by atoms with Crippen LogP contribution in [0.3, 0.4) is 0 Å². The topological polar surface area (TPSA) is 63.4 Å². The highest BCUT2D eigenvalue weighted by Gasteiger charge is 2.40. The molecule has 84 valence electrons. The molecule has 0 bridgehead atoms. The van der Waals surface area contributed by atoms with Crippen LogP contribution in [0.1, 0.15) is 33.6 Å². The third-order valence-electron chi connectivity index (χ3n) is 2.82. The van der Waals surface area contributed by atoms with E-state index in [2.05, 4.69) is 0 Å². The number of nitrogens with zero attached hydrogens (tertiary/aromatic N) is 1. The van der Waals surface area contributed by atoms with Crippen molar-refractivity contribution in [1.82, 2.24) is 4.31 Å². The smallest absolute Gasteiger partial charge is 0.219 e. The summed E-state index contributed by atoms with van der Waals surface area (Å²) in [5, 5.41) is 0. The van der Waals surface area contributed by atoms with Crippen molar-refractivity contribution in [3.05, 3.63) is 0 Å². The van der Waals surface area contributed by atoms with Crippen LogP contribution in [-0.4, -0.2) is 36.6 Å². The number of nitrogens with two attached hydrogens (primary N) is 1. The van der Waals surface area contributed by atoms with E-state index >= 15 is 0 Å². The van der Waals surface area contributed by atoms with Gasteiger partial charge in [0.15, 0.2) is 0 Å². The monoisotopic (exact) mass is 220 g/mol. The predicted molar refractivity (Wildman–Crippen MR) is 57.4 cm³/mol. The second-order valence-corrected chi connectivity index (χ2v) is 7.77.